The minimum absolute atomic E-state index is 0.0916. The van der Waals surface area contributed by atoms with E-state index in [-0.39, 0.29) is 5.91 Å². The molecule has 1 aromatic heterocycles. The molecule has 1 aliphatic rings. The van der Waals surface area contributed by atoms with E-state index in [1.165, 1.54) is 16.3 Å². The predicted octanol–water partition coefficient (Wildman–Crippen LogP) is 6.02. The normalized spacial score (nSPS) is 15.4. The fourth-order valence-corrected chi connectivity index (χ4v) is 4.07. The average Bonchev–Trinajstić information content (AvgIpc) is 3.18. The zero-order valence-electron chi connectivity index (χ0n) is 18.2. The molecule has 0 radical (unpaired) electrons. The number of hydrazone groups is 1. The highest BCUT2D eigenvalue weighted by atomic mass is 16.2. The van der Waals surface area contributed by atoms with Gasteiger partial charge in [-0.1, -0.05) is 50.2 Å². The Bertz CT molecular complexity index is 1170. The molecular formula is C26H27N3O. The van der Waals surface area contributed by atoms with E-state index in [0.717, 1.165) is 28.4 Å². The number of carbonyl (C=O) groups is 1. The largest absolute Gasteiger partial charge is 0.318 e. The first-order valence-electron chi connectivity index (χ1n) is 10.3. The molecule has 152 valence electrons. The predicted molar refractivity (Wildman–Crippen MR) is 124 cm³/mol. The lowest BCUT2D eigenvalue weighted by atomic mass is 10.0. The van der Waals surface area contributed by atoms with Gasteiger partial charge in [-0.3, -0.25) is 4.79 Å². The minimum Gasteiger partial charge on any atom is -0.318 e. The molecular weight excluding hydrogens is 370 g/mol. The van der Waals surface area contributed by atoms with Gasteiger partial charge in [-0.05, 0) is 68.2 Å². The zero-order valence-corrected chi connectivity index (χ0v) is 18.2. The van der Waals surface area contributed by atoms with Crippen molar-refractivity contribution in [3.05, 3.63) is 88.8 Å². The van der Waals surface area contributed by atoms with Gasteiger partial charge in [-0.2, -0.15) is 10.1 Å². The summed E-state index contributed by atoms with van der Waals surface area (Å²) in [6.45, 7) is 10.5. The van der Waals surface area contributed by atoms with E-state index in [4.69, 9.17) is 0 Å². The van der Waals surface area contributed by atoms with Crippen LogP contribution < -0.4 is 5.01 Å². The maximum atomic E-state index is 13.1. The maximum Gasteiger partial charge on any atom is 0.280 e. The van der Waals surface area contributed by atoms with Crippen LogP contribution in [0.25, 0.3) is 11.8 Å². The van der Waals surface area contributed by atoms with Crippen LogP contribution in [-0.4, -0.2) is 16.2 Å². The summed E-state index contributed by atoms with van der Waals surface area (Å²) in [5.74, 6) is 0.334. The summed E-state index contributed by atoms with van der Waals surface area (Å²) in [7, 11) is 0. The van der Waals surface area contributed by atoms with Crippen LogP contribution >= 0.6 is 0 Å². The van der Waals surface area contributed by atoms with Crippen molar-refractivity contribution in [3.8, 4) is 5.69 Å². The van der Waals surface area contributed by atoms with Gasteiger partial charge in [-0.25, -0.2) is 0 Å². The van der Waals surface area contributed by atoms with Crippen LogP contribution in [0.1, 0.15) is 49.2 Å². The summed E-state index contributed by atoms with van der Waals surface area (Å²) < 4.78 is 2.28. The Morgan fingerprint density at radius 2 is 1.60 bits per heavy atom. The van der Waals surface area contributed by atoms with Crippen LogP contribution in [0.4, 0.5) is 5.69 Å². The minimum atomic E-state index is -0.0916. The first kappa shape index (κ1) is 19.9. The van der Waals surface area contributed by atoms with Crippen LogP contribution in [0.2, 0.25) is 0 Å². The number of para-hydroxylation sites is 2. The molecule has 3 aromatic rings. The van der Waals surface area contributed by atoms with Crippen LogP contribution in [-0.2, 0) is 4.79 Å². The molecule has 1 amide bonds. The highest BCUT2D eigenvalue weighted by Crippen LogP contribution is 2.30. The van der Waals surface area contributed by atoms with Crippen molar-refractivity contribution in [3.63, 3.8) is 0 Å². The number of carbonyl (C=O) groups excluding carboxylic acids is 1. The number of hydrogen-bond acceptors (Lipinski definition) is 2. The number of anilines is 1. The number of amides is 1. The molecule has 0 spiro atoms. The fraction of sp³-hybridized carbons (Fsp3) is 0.231. The SMILES string of the molecule is CC1=NN(c2ccccc2)C(=O)/C1=C/c1cc(C)n(-c2ccccc2C(C)C)c1C. The Balaban J connectivity index is 1.76. The summed E-state index contributed by atoms with van der Waals surface area (Å²) in [6, 6.07) is 20.2. The second-order valence-corrected chi connectivity index (χ2v) is 8.07. The quantitative estimate of drug-likeness (QED) is 0.496. The number of rotatable bonds is 4. The molecule has 4 rings (SSSR count). The molecule has 0 fully saturated rings. The van der Waals surface area contributed by atoms with E-state index in [1.54, 1.807) is 0 Å². The first-order chi connectivity index (χ1) is 14.4. The summed E-state index contributed by atoms with van der Waals surface area (Å²) >= 11 is 0. The van der Waals surface area contributed by atoms with Gasteiger partial charge in [0.25, 0.3) is 5.91 Å². The first-order valence-corrected chi connectivity index (χ1v) is 10.3. The number of hydrogen-bond donors (Lipinski definition) is 0. The van der Waals surface area contributed by atoms with Crippen molar-refractivity contribution in [2.45, 2.75) is 40.5 Å². The van der Waals surface area contributed by atoms with Gasteiger partial charge in [-0.15, -0.1) is 0 Å². The Labute approximate surface area is 178 Å². The van der Waals surface area contributed by atoms with E-state index >= 15 is 0 Å². The van der Waals surface area contributed by atoms with E-state index in [9.17, 15) is 4.79 Å². The molecule has 2 heterocycles. The molecule has 0 atom stereocenters. The lowest BCUT2D eigenvalue weighted by Crippen LogP contribution is -2.21. The molecule has 2 aromatic carbocycles. The molecule has 4 heteroatoms. The topological polar surface area (TPSA) is 37.6 Å². The molecule has 0 bridgehead atoms. The van der Waals surface area contributed by atoms with Gasteiger partial charge in [0.2, 0.25) is 0 Å². The molecule has 0 saturated carbocycles. The van der Waals surface area contributed by atoms with Gasteiger partial charge in [0, 0.05) is 17.1 Å². The third-order valence-corrected chi connectivity index (χ3v) is 5.63. The molecule has 0 saturated heterocycles. The Morgan fingerprint density at radius 1 is 0.933 bits per heavy atom. The van der Waals surface area contributed by atoms with Gasteiger partial charge < -0.3 is 4.57 Å². The van der Waals surface area contributed by atoms with Crippen LogP contribution in [0, 0.1) is 13.8 Å². The molecule has 0 unspecified atom stereocenters. The maximum absolute atomic E-state index is 13.1. The zero-order chi connectivity index (χ0) is 21.4. The van der Waals surface area contributed by atoms with Gasteiger partial charge in [0.05, 0.1) is 17.0 Å². The summed E-state index contributed by atoms with van der Waals surface area (Å²) in [4.78, 5) is 13.1. The van der Waals surface area contributed by atoms with Crippen molar-refractivity contribution < 1.29 is 4.79 Å². The lowest BCUT2D eigenvalue weighted by Gasteiger charge is -2.17. The molecule has 0 aliphatic carbocycles. The number of benzene rings is 2. The third-order valence-electron chi connectivity index (χ3n) is 5.63. The second kappa shape index (κ2) is 7.79. The fourth-order valence-electron chi connectivity index (χ4n) is 4.07. The molecule has 4 nitrogen and oxygen atoms in total. The van der Waals surface area contributed by atoms with Crippen molar-refractivity contribution in [1.29, 1.82) is 0 Å². The van der Waals surface area contributed by atoms with E-state index in [0.29, 0.717) is 11.5 Å². The lowest BCUT2D eigenvalue weighted by molar-refractivity contribution is -0.114. The summed E-state index contributed by atoms with van der Waals surface area (Å²) in [5, 5.41) is 5.98. The van der Waals surface area contributed by atoms with E-state index in [1.807, 2.05) is 43.3 Å². The van der Waals surface area contributed by atoms with Gasteiger partial charge in [0.1, 0.15) is 0 Å². The van der Waals surface area contributed by atoms with Crippen molar-refractivity contribution in [1.82, 2.24) is 4.57 Å². The van der Waals surface area contributed by atoms with Crippen molar-refractivity contribution >= 4 is 23.4 Å². The molecule has 0 N–H and O–H groups in total. The highest BCUT2D eigenvalue weighted by molar-refractivity contribution is 6.32. The highest BCUT2D eigenvalue weighted by Gasteiger charge is 2.29. The summed E-state index contributed by atoms with van der Waals surface area (Å²) in [5.41, 5.74) is 7.96. The van der Waals surface area contributed by atoms with Gasteiger partial charge in [0.15, 0.2) is 0 Å². The second-order valence-electron chi connectivity index (χ2n) is 8.07. The average molecular weight is 398 g/mol. The van der Waals surface area contributed by atoms with Crippen LogP contribution in [0.5, 0.6) is 0 Å². The monoisotopic (exact) mass is 397 g/mol. The van der Waals surface area contributed by atoms with Crippen molar-refractivity contribution in [2.75, 3.05) is 5.01 Å². The Kier molecular flexibility index (Phi) is 5.17. The number of aryl methyl sites for hydroxylation is 1. The standard InChI is InChI=1S/C26H27N3O/c1-17(2)23-13-9-10-14-25(23)28-18(3)15-21(20(28)5)16-24-19(4)27-29(26(24)30)22-11-7-6-8-12-22/h6-17H,1-5H3/b24-16+. The van der Waals surface area contributed by atoms with Crippen LogP contribution in [0.15, 0.2) is 71.3 Å². The smallest absolute Gasteiger partial charge is 0.280 e. The summed E-state index contributed by atoms with van der Waals surface area (Å²) in [6.07, 6.45) is 1.97. The molecule has 30 heavy (non-hydrogen) atoms. The van der Waals surface area contributed by atoms with E-state index < -0.39 is 0 Å². The Morgan fingerprint density at radius 3 is 2.30 bits per heavy atom. The van der Waals surface area contributed by atoms with Crippen LogP contribution in [0.3, 0.4) is 0 Å². The third kappa shape index (κ3) is 3.39. The van der Waals surface area contributed by atoms with Gasteiger partial charge >= 0.3 is 0 Å². The Hall–Kier alpha value is -3.40. The van der Waals surface area contributed by atoms with E-state index in [2.05, 4.69) is 67.7 Å². The van der Waals surface area contributed by atoms with Crippen molar-refractivity contribution in [2.24, 2.45) is 5.10 Å². The number of aromatic nitrogens is 1. The molecule has 1 aliphatic heterocycles. The number of nitrogens with zero attached hydrogens (tertiary/aromatic N) is 3.